The Labute approximate surface area is 126 Å². The van der Waals surface area contributed by atoms with Gasteiger partial charge in [0, 0.05) is 31.4 Å². The molecule has 0 atom stereocenters. The van der Waals surface area contributed by atoms with Crippen LogP contribution in [0.15, 0.2) is 39.7 Å². The number of rotatable bonds is 6. The molecule has 114 valence electrons. The van der Waals surface area contributed by atoms with Gasteiger partial charge >= 0.3 is 0 Å². The molecule has 4 nitrogen and oxygen atoms in total. The molecule has 0 bridgehead atoms. The summed E-state index contributed by atoms with van der Waals surface area (Å²) >= 11 is 0. The number of hydrogen-bond donors (Lipinski definition) is 2. The molecule has 0 amide bonds. The van der Waals surface area contributed by atoms with Crippen LogP contribution < -0.4 is 10.6 Å². The molecule has 0 radical (unpaired) electrons. The van der Waals surface area contributed by atoms with E-state index >= 15 is 0 Å². The summed E-state index contributed by atoms with van der Waals surface area (Å²) in [4.78, 5) is 4.55. The zero-order valence-electron chi connectivity index (χ0n) is 13.1. The van der Waals surface area contributed by atoms with Crippen molar-refractivity contribution in [3.05, 3.63) is 36.1 Å². The molecule has 2 N–H and O–H groups in total. The first kappa shape index (κ1) is 15.4. The third kappa shape index (κ3) is 4.81. The van der Waals surface area contributed by atoms with Gasteiger partial charge in [-0.15, -0.1) is 0 Å². The highest BCUT2D eigenvalue weighted by atomic mass is 16.3. The number of aliphatic imine (C=N–C) groups is 1. The number of para-hydroxylation sites is 1. The molecule has 0 fully saturated rings. The molecule has 0 aliphatic heterocycles. The molecule has 0 unspecified atom stereocenters. The van der Waals surface area contributed by atoms with Gasteiger partial charge in [-0.25, -0.2) is 0 Å². The van der Waals surface area contributed by atoms with Crippen molar-refractivity contribution in [2.45, 2.75) is 27.2 Å². The fraction of sp³-hybridized carbons (Fsp3) is 0.471. The minimum Gasteiger partial charge on any atom is -0.461 e. The lowest BCUT2D eigenvalue weighted by atomic mass is 10.2. The summed E-state index contributed by atoms with van der Waals surface area (Å²) < 4.78 is 5.81. The molecular weight excluding hydrogens is 262 g/mol. The van der Waals surface area contributed by atoms with Crippen LogP contribution in [0, 0.1) is 5.92 Å². The Bertz CT molecular complexity index is 553. The third-order valence-corrected chi connectivity index (χ3v) is 3.10. The van der Waals surface area contributed by atoms with Gasteiger partial charge in [0.15, 0.2) is 5.96 Å². The predicted molar refractivity (Wildman–Crippen MR) is 88.7 cm³/mol. The maximum Gasteiger partial charge on any atom is 0.191 e. The van der Waals surface area contributed by atoms with Gasteiger partial charge in [0.1, 0.15) is 11.3 Å². The van der Waals surface area contributed by atoms with Gasteiger partial charge in [-0.3, -0.25) is 4.99 Å². The minimum atomic E-state index is 0.566. The number of nitrogens with zero attached hydrogens (tertiary/aromatic N) is 1. The largest absolute Gasteiger partial charge is 0.461 e. The zero-order chi connectivity index (χ0) is 15.1. The lowest BCUT2D eigenvalue weighted by Crippen LogP contribution is -2.38. The van der Waals surface area contributed by atoms with E-state index in [4.69, 9.17) is 4.42 Å². The quantitative estimate of drug-likeness (QED) is 0.633. The third-order valence-electron chi connectivity index (χ3n) is 3.10. The smallest absolute Gasteiger partial charge is 0.191 e. The summed E-state index contributed by atoms with van der Waals surface area (Å²) in [5.74, 6) is 2.45. The summed E-state index contributed by atoms with van der Waals surface area (Å²) in [6.45, 7) is 8.92. The molecule has 0 saturated carbocycles. The summed E-state index contributed by atoms with van der Waals surface area (Å²) in [7, 11) is 0. The summed E-state index contributed by atoms with van der Waals surface area (Å²) in [6.07, 6.45) is 0.848. The van der Waals surface area contributed by atoms with E-state index in [9.17, 15) is 0 Å². The van der Waals surface area contributed by atoms with E-state index in [1.807, 2.05) is 18.2 Å². The second-order valence-corrected chi connectivity index (χ2v) is 5.54. The average molecular weight is 287 g/mol. The SMILES string of the molecule is CCNC(=NCC(C)C)NCCc1cc2ccccc2o1. The summed E-state index contributed by atoms with van der Waals surface area (Å²) in [6, 6.07) is 10.2. The van der Waals surface area contributed by atoms with Gasteiger partial charge in [-0.2, -0.15) is 0 Å². The van der Waals surface area contributed by atoms with Crippen LogP contribution in [-0.4, -0.2) is 25.6 Å². The Balaban J connectivity index is 1.87. The van der Waals surface area contributed by atoms with Gasteiger partial charge in [0.05, 0.1) is 0 Å². The van der Waals surface area contributed by atoms with Crippen molar-refractivity contribution in [2.24, 2.45) is 10.9 Å². The Morgan fingerprint density at radius 1 is 1.24 bits per heavy atom. The molecule has 0 aliphatic carbocycles. The maximum absolute atomic E-state index is 5.81. The standard InChI is InChI=1S/C17H25N3O/c1-4-18-17(20-12-13(2)3)19-10-9-15-11-14-7-5-6-8-16(14)21-15/h5-8,11,13H,4,9-10,12H2,1-3H3,(H2,18,19,20). The number of fused-ring (bicyclic) bond motifs is 1. The Kier molecular flexibility index (Phi) is 5.67. The zero-order valence-corrected chi connectivity index (χ0v) is 13.1. The lowest BCUT2D eigenvalue weighted by Gasteiger charge is -2.11. The van der Waals surface area contributed by atoms with Crippen molar-refractivity contribution in [1.82, 2.24) is 10.6 Å². The second kappa shape index (κ2) is 7.72. The predicted octanol–water partition coefficient (Wildman–Crippen LogP) is 3.19. The van der Waals surface area contributed by atoms with Crippen molar-refractivity contribution < 1.29 is 4.42 Å². The van der Waals surface area contributed by atoms with E-state index < -0.39 is 0 Å². The molecule has 4 heteroatoms. The maximum atomic E-state index is 5.81. The van der Waals surface area contributed by atoms with Gasteiger partial charge < -0.3 is 15.1 Å². The van der Waals surface area contributed by atoms with Crippen LogP contribution in [0.5, 0.6) is 0 Å². The van der Waals surface area contributed by atoms with Crippen LogP contribution in [0.4, 0.5) is 0 Å². The Morgan fingerprint density at radius 3 is 2.76 bits per heavy atom. The van der Waals surface area contributed by atoms with E-state index in [-0.39, 0.29) is 0 Å². The van der Waals surface area contributed by atoms with E-state index in [1.165, 1.54) is 0 Å². The molecule has 21 heavy (non-hydrogen) atoms. The Hall–Kier alpha value is -1.97. The number of guanidine groups is 1. The highest BCUT2D eigenvalue weighted by Crippen LogP contribution is 2.18. The fourth-order valence-corrected chi connectivity index (χ4v) is 2.08. The van der Waals surface area contributed by atoms with Crippen LogP contribution >= 0.6 is 0 Å². The molecule has 2 rings (SSSR count). The number of hydrogen-bond acceptors (Lipinski definition) is 2. The minimum absolute atomic E-state index is 0.566. The summed E-state index contributed by atoms with van der Waals surface area (Å²) in [5.41, 5.74) is 0.952. The van der Waals surface area contributed by atoms with Gasteiger partial charge in [0.25, 0.3) is 0 Å². The van der Waals surface area contributed by atoms with Gasteiger partial charge in [0.2, 0.25) is 0 Å². The molecule has 1 heterocycles. The molecule has 1 aromatic heterocycles. The van der Waals surface area contributed by atoms with E-state index in [0.717, 1.165) is 48.7 Å². The van der Waals surface area contributed by atoms with Crippen molar-refractivity contribution in [1.29, 1.82) is 0 Å². The highest BCUT2D eigenvalue weighted by molar-refractivity contribution is 5.80. The normalized spacial score (nSPS) is 12.1. The van der Waals surface area contributed by atoms with Gasteiger partial charge in [-0.05, 0) is 25.0 Å². The Morgan fingerprint density at radius 2 is 2.05 bits per heavy atom. The van der Waals surface area contributed by atoms with Crippen LogP contribution in [0.3, 0.4) is 0 Å². The molecule has 0 aliphatic rings. The first-order chi connectivity index (χ1) is 10.2. The fourth-order valence-electron chi connectivity index (χ4n) is 2.08. The van der Waals surface area contributed by atoms with Crippen LogP contribution in [0.2, 0.25) is 0 Å². The van der Waals surface area contributed by atoms with Crippen LogP contribution in [-0.2, 0) is 6.42 Å². The van der Waals surface area contributed by atoms with Crippen LogP contribution in [0.1, 0.15) is 26.5 Å². The molecule has 0 spiro atoms. The second-order valence-electron chi connectivity index (χ2n) is 5.54. The molecule has 2 aromatic rings. The van der Waals surface area contributed by atoms with Crippen molar-refractivity contribution in [3.63, 3.8) is 0 Å². The first-order valence-electron chi connectivity index (χ1n) is 7.68. The molecule has 1 aromatic carbocycles. The van der Waals surface area contributed by atoms with E-state index in [2.05, 4.69) is 48.5 Å². The van der Waals surface area contributed by atoms with Crippen LogP contribution in [0.25, 0.3) is 11.0 Å². The van der Waals surface area contributed by atoms with Crippen molar-refractivity contribution in [3.8, 4) is 0 Å². The van der Waals surface area contributed by atoms with Crippen molar-refractivity contribution in [2.75, 3.05) is 19.6 Å². The number of furan rings is 1. The number of benzene rings is 1. The molecule has 0 saturated heterocycles. The monoisotopic (exact) mass is 287 g/mol. The first-order valence-corrected chi connectivity index (χ1v) is 7.68. The number of nitrogens with one attached hydrogen (secondary N) is 2. The molecular formula is C17H25N3O. The van der Waals surface area contributed by atoms with Gasteiger partial charge in [-0.1, -0.05) is 32.0 Å². The van der Waals surface area contributed by atoms with Crippen molar-refractivity contribution >= 4 is 16.9 Å². The lowest BCUT2D eigenvalue weighted by molar-refractivity contribution is 0.544. The topological polar surface area (TPSA) is 49.6 Å². The average Bonchev–Trinajstić information content (AvgIpc) is 2.87. The van der Waals surface area contributed by atoms with E-state index in [1.54, 1.807) is 0 Å². The summed E-state index contributed by atoms with van der Waals surface area (Å²) in [5, 5.41) is 7.77. The van der Waals surface area contributed by atoms with E-state index in [0.29, 0.717) is 5.92 Å². The highest BCUT2D eigenvalue weighted by Gasteiger charge is 2.03.